The maximum atomic E-state index is 12.3. The topological polar surface area (TPSA) is 57.5 Å². The summed E-state index contributed by atoms with van der Waals surface area (Å²) in [4.78, 5) is 24.4. The molecule has 0 saturated carbocycles. The predicted octanol–water partition coefficient (Wildman–Crippen LogP) is 2.77. The van der Waals surface area contributed by atoms with Gasteiger partial charge in [-0.05, 0) is 30.3 Å². The zero-order chi connectivity index (χ0) is 16.4. The molecule has 0 saturated heterocycles. The third-order valence-corrected chi connectivity index (χ3v) is 3.62. The van der Waals surface area contributed by atoms with Crippen LogP contribution in [-0.4, -0.2) is 17.6 Å². The Hall–Kier alpha value is -3.08. The quantitative estimate of drug-likeness (QED) is 0.698. The van der Waals surface area contributed by atoms with Gasteiger partial charge in [0.25, 0.3) is 5.56 Å². The molecule has 0 aliphatic rings. The molecule has 3 aromatic rings. The number of hydrogen-bond donors (Lipinski definition) is 0. The number of para-hydroxylation sites is 1. The number of aromatic nitrogens is 1. The molecule has 1 aromatic heterocycles. The van der Waals surface area contributed by atoms with E-state index in [2.05, 4.69) is 0 Å². The van der Waals surface area contributed by atoms with Crippen LogP contribution in [0.25, 0.3) is 10.9 Å². The highest BCUT2D eigenvalue weighted by Crippen LogP contribution is 2.24. The summed E-state index contributed by atoms with van der Waals surface area (Å²) in [5.41, 5.74) is 0.819. The molecule has 0 N–H and O–H groups in total. The molecule has 0 aliphatic heterocycles. The SMILES string of the molecule is COc1cccc(C(=O)Oc2cc(=O)n(C)c3ccccc23)c1. The smallest absolute Gasteiger partial charge is 0.343 e. The molecule has 0 atom stereocenters. The fourth-order valence-corrected chi connectivity index (χ4v) is 2.37. The third kappa shape index (κ3) is 2.81. The van der Waals surface area contributed by atoms with E-state index in [1.54, 1.807) is 37.4 Å². The normalized spacial score (nSPS) is 10.5. The Morgan fingerprint density at radius 3 is 2.61 bits per heavy atom. The van der Waals surface area contributed by atoms with Crippen molar-refractivity contribution >= 4 is 16.9 Å². The van der Waals surface area contributed by atoms with Crippen molar-refractivity contribution in [2.24, 2.45) is 7.05 Å². The minimum atomic E-state index is -0.540. The largest absolute Gasteiger partial charge is 0.497 e. The van der Waals surface area contributed by atoms with Crippen LogP contribution in [0.3, 0.4) is 0 Å². The number of methoxy groups -OCH3 is 1. The average Bonchev–Trinajstić information content (AvgIpc) is 2.59. The summed E-state index contributed by atoms with van der Waals surface area (Å²) in [5.74, 6) is 0.270. The summed E-state index contributed by atoms with van der Waals surface area (Å²) in [5, 5.41) is 0.700. The highest BCUT2D eigenvalue weighted by molar-refractivity contribution is 5.94. The van der Waals surface area contributed by atoms with Crippen LogP contribution < -0.4 is 15.0 Å². The van der Waals surface area contributed by atoms with Crippen LogP contribution in [0.1, 0.15) is 10.4 Å². The molecule has 5 heteroatoms. The molecule has 0 unspecified atom stereocenters. The summed E-state index contributed by atoms with van der Waals surface area (Å²) >= 11 is 0. The van der Waals surface area contributed by atoms with Crippen LogP contribution in [0.2, 0.25) is 0 Å². The van der Waals surface area contributed by atoms with Crippen molar-refractivity contribution in [3.05, 3.63) is 70.5 Å². The number of carbonyl (C=O) groups is 1. The average molecular weight is 309 g/mol. The second-order valence-electron chi connectivity index (χ2n) is 5.04. The predicted molar refractivity (Wildman–Crippen MR) is 87.1 cm³/mol. The maximum Gasteiger partial charge on any atom is 0.343 e. The van der Waals surface area contributed by atoms with Crippen molar-refractivity contribution < 1.29 is 14.3 Å². The molecule has 0 fully saturated rings. The first-order valence-electron chi connectivity index (χ1n) is 7.05. The molecule has 1 heterocycles. The van der Waals surface area contributed by atoms with E-state index in [-0.39, 0.29) is 11.3 Å². The Balaban J connectivity index is 2.03. The lowest BCUT2D eigenvalue weighted by Crippen LogP contribution is -2.18. The number of ether oxygens (including phenoxy) is 2. The first-order valence-corrected chi connectivity index (χ1v) is 7.05. The van der Waals surface area contributed by atoms with Gasteiger partial charge in [-0.2, -0.15) is 0 Å². The Kier molecular flexibility index (Phi) is 3.85. The van der Waals surface area contributed by atoms with Crippen LogP contribution in [0.15, 0.2) is 59.4 Å². The lowest BCUT2D eigenvalue weighted by atomic mass is 10.2. The van der Waals surface area contributed by atoms with Crippen LogP contribution in [-0.2, 0) is 7.05 Å². The number of carbonyl (C=O) groups excluding carboxylic acids is 1. The Labute approximate surface area is 132 Å². The fourth-order valence-electron chi connectivity index (χ4n) is 2.37. The highest BCUT2D eigenvalue weighted by atomic mass is 16.5. The van der Waals surface area contributed by atoms with Gasteiger partial charge in [0.2, 0.25) is 0 Å². The van der Waals surface area contributed by atoms with Crippen LogP contribution in [0.5, 0.6) is 11.5 Å². The molecule has 0 aliphatic carbocycles. The van der Waals surface area contributed by atoms with Gasteiger partial charge in [-0.25, -0.2) is 4.79 Å². The molecule has 5 nitrogen and oxygen atoms in total. The first kappa shape index (κ1) is 14.8. The lowest BCUT2D eigenvalue weighted by Gasteiger charge is -2.10. The van der Waals surface area contributed by atoms with E-state index in [1.165, 1.54) is 17.7 Å². The number of nitrogens with zero attached hydrogens (tertiary/aromatic N) is 1. The van der Waals surface area contributed by atoms with Crippen molar-refractivity contribution in [2.75, 3.05) is 7.11 Å². The van der Waals surface area contributed by atoms with Gasteiger partial charge < -0.3 is 14.0 Å². The van der Waals surface area contributed by atoms with E-state index < -0.39 is 5.97 Å². The van der Waals surface area contributed by atoms with Gasteiger partial charge in [0, 0.05) is 18.5 Å². The second-order valence-corrected chi connectivity index (χ2v) is 5.04. The lowest BCUT2D eigenvalue weighted by molar-refractivity contribution is 0.0736. The Morgan fingerprint density at radius 1 is 1.04 bits per heavy atom. The third-order valence-electron chi connectivity index (χ3n) is 3.62. The number of aryl methyl sites for hydroxylation is 1. The molecule has 0 radical (unpaired) electrons. The van der Waals surface area contributed by atoms with Gasteiger partial charge in [-0.1, -0.05) is 18.2 Å². The van der Waals surface area contributed by atoms with Gasteiger partial charge in [0.05, 0.1) is 18.2 Å². The minimum absolute atomic E-state index is 0.239. The number of pyridine rings is 1. The van der Waals surface area contributed by atoms with E-state index in [9.17, 15) is 9.59 Å². The van der Waals surface area contributed by atoms with Crippen LogP contribution >= 0.6 is 0 Å². The van der Waals surface area contributed by atoms with Gasteiger partial charge in [-0.15, -0.1) is 0 Å². The van der Waals surface area contributed by atoms with Gasteiger partial charge >= 0.3 is 5.97 Å². The van der Waals surface area contributed by atoms with Crippen molar-refractivity contribution in [1.29, 1.82) is 0 Å². The van der Waals surface area contributed by atoms with Crippen LogP contribution in [0, 0.1) is 0 Å². The monoisotopic (exact) mass is 309 g/mol. The number of fused-ring (bicyclic) bond motifs is 1. The zero-order valence-electron chi connectivity index (χ0n) is 12.8. The van der Waals surface area contributed by atoms with Crippen LogP contribution in [0.4, 0.5) is 0 Å². The molecule has 3 rings (SSSR count). The molecule has 116 valence electrons. The number of hydrogen-bond acceptors (Lipinski definition) is 4. The van der Waals surface area contributed by atoms with E-state index in [4.69, 9.17) is 9.47 Å². The Bertz CT molecular complexity index is 943. The number of esters is 1. The molecule has 0 spiro atoms. The standard InChI is InChI=1S/C18H15NO4/c1-19-15-9-4-3-8-14(15)16(11-17(19)20)23-18(21)12-6-5-7-13(10-12)22-2/h3-11H,1-2H3. The summed E-state index contributed by atoms with van der Waals surface area (Å²) in [6.45, 7) is 0. The molecular weight excluding hydrogens is 294 g/mol. The first-order chi connectivity index (χ1) is 11.1. The summed E-state index contributed by atoms with van der Waals surface area (Å²) in [6.07, 6.45) is 0. The van der Waals surface area contributed by atoms with Gasteiger partial charge in [0.1, 0.15) is 11.5 Å². The van der Waals surface area contributed by atoms with E-state index in [1.807, 2.05) is 18.2 Å². The summed E-state index contributed by atoms with van der Waals surface area (Å²) in [7, 11) is 3.21. The summed E-state index contributed by atoms with van der Waals surface area (Å²) in [6, 6.07) is 15.3. The maximum absolute atomic E-state index is 12.3. The number of rotatable bonds is 3. The molecule has 23 heavy (non-hydrogen) atoms. The Morgan fingerprint density at radius 2 is 1.83 bits per heavy atom. The van der Waals surface area contributed by atoms with E-state index >= 15 is 0 Å². The fraction of sp³-hybridized carbons (Fsp3) is 0.111. The molecule has 0 amide bonds. The zero-order valence-corrected chi connectivity index (χ0v) is 12.8. The summed E-state index contributed by atoms with van der Waals surface area (Å²) < 4.78 is 12.1. The number of benzene rings is 2. The molecule has 2 aromatic carbocycles. The highest BCUT2D eigenvalue weighted by Gasteiger charge is 2.13. The van der Waals surface area contributed by atoms with E-state index in [0.717, 1.165) is 0 Å². The van der Waals surface area contributed by atoms with Gasteiger partial charge in [-0.3, -0.25) is 4.79 Å². The van der Waals surface area contributed by atoms with Crippen molar-refractivity contribution in [3.63, 3.8) is 0 Å². The minimum Gasteiger partial charge on any atom is -0.497 e. The van der Waals surface area contributed by atoms with Crippen molar-refractivity contribution in [1.82, 2.24) is 4.57 Å². The van der Waals surface area contributed by atoms with Crippen molar-refractivity contribution in [3.8, 4) is 11.5 Å². The second kappa shape index (κ2) is 5.96. The van der Waals surface area contributed by atoms with E-state index in [0.29, 0.717) is 22.2 Å². The molecular formula is C18H15NO4. The van der Waals surface area contributed by atoms with Crippen molar-refractivity contribution in [2.45, 2.75) is 0 Å². The molecule has 0 bridgehead atoms. The van der Waals surface area contributed by atoms with Gasteiger partial charge in [0.15, 0.2) is 0 Å².